The number of aryl methyl sites for hydroxylation is 1. The summed E-state index contributed by atoms with van der Waals surface area (Å²) in [7, 11) is 0. The summed E-state index contributed by atoms with van der Waals surface area (Å²) in [5.41, 5.74) is 0.655. The van der Waals surface area contributed by atoms with E-state index in [9.17, 15) is 4.79 Å². The number of oxazole rings is 1. The number of hydrogen-bond donors (Lipinski definition) is 1. The summed E-state index contributed by atoms with van der Waals surface area (Å²) in [6.45, 7) is 7.50. The molecule has 0 radical (unpaired) electrons. The van der Waals surface area contributed by atoms with E-state index in [0.29, 0.717) is 11.5 Å². The summed E-state index contributed by atoms with van der Waals surface area (Å²) < 4.78 is 5.15. The molecule has 1 saturated heterocycles. The van der Waals surface area contributed by atoms with E-state index in [1.807, 2.05) is 18.7 Å². The maximum atomic E-state index is 12.3. The Balaban J connectivity index is 2.23. The predicted molar refractivity (Wildman–Crippen MR) is 59.2 cm³/mol. The first kappa shape index (κ1) is 11.1. The molecule has 0 saturated carbocycles. The van der Waals surface area contributed by atoms with Gasteiger partial charge in [0.1, 0.15) is 0 Å². The van der Waals surface area contributed by atoms with Gasteiger partial charge >= 0.3 is 0 Å². The number of carbonyl (C=O) groups excluding carboxylic acids is 1. The van der Waals surface area contributed by atoms with E-state index in [1.165, 1.54) is 6.39 Å². The molecule has 0 spiro atoms. The zero-order chi connectivity index (χ0) is 11.7. The Morgan fingerprint density at radius 3 is 2.62 bits per heavy atom. The van der Waals surface area contributed by atoms with Crippen molar-refractivity contribution in [3.05, 3.63) is 17.8 Å². The number of carbonyl (C=O) groups is 1. The summed E-state index contributed by atoms with van der Waals surface area (Å²) >= 11 is 0. The van der Waals surface area contributed by atoms with Crippen molar-refractivity contribution < 1.29 is 9.21 Å². The van der Waals surface area contributed by atoms with Gasteiger partial charge < -0.3 is 14.6 Å². The van der Waals surface area contributed by atoms with Crippen LogP contribution in [0.25, 0.3) is 0 Å². The van der Waals surface area contributed by atoms with Gasteiger partial charge in [-0.2, -0.15) is 0 Å². The van der Waals surface area contributed by atoms with Crippen molar-refractivity contribution in [1.82, 2.24) is 15.2 Å². The highest BCUT2D eigenvalue weighted by atomic mass is 16.3. The van der Waals surface area contributed by atoms with Crippen LogP contribution in [0.3, 0.4) is 0 Å². The van der Waals surface area contributed by atoms with Gasteiger partial charge in [0, 0.05) is 25.2 Å². The van der Waals surface area contributed by atoms with Crippen LogP contribution in [-0.4, -0.2) is 41.0 Å². The molecule has 1 N–H and O–H groups in total. The highest BCUT2D eigenvalue weighted by Gasteiger charge is 2.31. The monoisotopic (exact) mass is 223 g/mol. The first-order chi connectivity index (χ1) is 7.61. The highest BCUT2D eigenvalue weighted by molar-refractivity contribution is 5.92. The number of aromatic nitrogens is 1. The van der Waals surface area contributed by atoms with Gasteiger partial charge in [-0.1, -0.05) is 0 Å². The largest absolute Gasteiger partial charge is 0.438 e. The van der Waals surface area contributed by atoms with Gasteiger partial charge in [0.25, 0.3) is 5.91 Å². The molecule has 1 fully saturated rings. The molecule has 16 heavy (non-hydrogen) atoms. The molecule has 1 aromatic rings. The number of hydrogen-bond acceptors (Lipinski definition) is 4. The van der Waals surface area contributed by atoms with Crippen molar-refractivity contribution in [2.24, 2.45) is 0 Å². The molecule has 2 unspecified atom stereocenters. The SMILES string of the molecule is Cc1ncoc1C(=O)N1C(C)CNCC1C. The zero-order valence-electron chi connectivity index (χ0n) is 9.86. The molecule has 1 aliphatic rings. The fraction of sp³-hybridized carbons (Fsp3) is 0.636. The molecular weight excluding hydrogens is 206 g/mol. The Morgan fingerprint density at radius 1 is 1.50 bits per heavy atom. The molecule has 88 valence electrons. The summed E-state index contributed by atoms with van der Waals surface area (Å²) in [6.07, 6.45) is 1.32. The van der Waals surface area contributed by atoms with Crippen LogP contribution in [-0.2, 0) is 0 Å². The summed E-state index contributed by atoms with van der Waals surface area (Å²) in [6, 6.07) is 0.362. The maximum absolute atomic E-state index is 12.3. The highest BCUT2D eigenvalue weighted by Crippen LogP contribution is 2.16. The van der Waals surface area contributed by atoms with E-state index < -0.39 is 0 Å². The summed E-state index contributed by atoms with van der Waals surface area (Å²) in [4.78, 5) is 18.1. The molecule has 5 nitrogen and oxygen atoms in total. The number of nitrogens with one attached hydrogen (secondary N) is 1. The number of nitrogens with zero attached hydrogens (tertiary/aromatic N) is 2. The van der Waals surface area contributed by atoms with Crippen LogP contribution in [0.4, 0.5) is 0 Å². The number of piperazine rings is 1. The molecule has 2 rings (SSSR count). The van der Waals surface area contributed by atoms with Gasteiger partial charge in [0.2, 0.25) is 5.76 Å². The van der Waals surface area contributed by atoms with Crippen LogP contribution in [0.15, 0.2) is 10.8 Å². The lowest BCUT2D eigenvalue weighted by Crippen LogP contribution is -2.57. The average molecular weight is 223 g/mol. The third kappa shape index (κ3) is 1.82. The first-order valence-corrected chi connectivity index (χ1v) is 5.54. The standard InChI is InChI=1S/C11H17N3O2/c1-7-4-12-5-8(2)14(7)11(15)10-9(3)13-6-16-10/h6-8,12H,4-5H2,1-3H3. The van der Waals surface area contributed by atoms with E-state index in [1.54, 1.807) is 6.92 Å². The first-order valence-electron chi connectivity index (χ1n) is 5.54. The molecule has 0 bridgehead atoms. The third-order valence-corrected chi connectivity index (χ3v) is 3.00. The van der Waals surface area contributed by atoms with Crippen LogP contribution >= 0.6 is 0 Å². The topological polar surface area (TPSA) is 58.4 Å². The van der Waals surface area contributed by atoms with E-state index in [0.717, 1.165) is 13.1 Å². The minimum absolute atomic E-state index is 0.0588. The Kier molecular flexibility index (Phi) is 2.96. The lowest BCUT2D eigenvalue weighted by molar-refractivity contribution is 0.0511. The molecule has 5 heteroatoms. The Hall–Kier alpha value is -1.36. The summed E-state index contributed by atoms with van der Waals surface area (Å²) in [5.74, 6) is 0.303. The number of amides is 1. The molecule has 1 amide bonds. The van der Waals surface area contributed by atoms with Gasteiger partial charge in [-0.25, -0.2) is 4.98 Å². The quantitative estimate of drug-likeness (QED) is 0.765. The smallest absolute Gasteiger partial charge is 0.292 e. The second-order valence-electron chi connectivity index (χ2n) is 4.34. The average Bonchev–Trinajstić information content (AvgIpc) is 2.64. The minimum atomic E-state index is -0.0588. The predicted octanol–water partition coefficient (Wildman–Crippen LogP) is 0.805. The van der Waals surface area contributed by atoms with E-state index in [-0.39, 0.29) is 18.0 Å². The van der Waals surface area contributed by atoms with Crippen molar-refractivity contribution in [2.75, 3.05) is 13.1 Å². The van der Waals surface area contributed by atoms with Crippen LogP contribution in [0.1, 0.15) is 30.1 Å². The van der Waals surface area contributed by atoms with Crippen LogP contribution in [0.5, 0.6) is 0 Å². The molecule has 2 atom stereocenters. The fourth-order valence-corrected chi connectivity index (χ4v) is 2.16. The van der Waals surface area contributed by atoms with E-state index >= 15 is 0 Å². The zero-order valence-corrected chi connectivity index (χ0v) is 9.86. The van der Waals surface area contributed by atoms with Crippen molar-refractivity contribution in [3.8, 4) is 0 Å². The van der Waals surface area contributed by atoms with Gasteiger partial charge in [-0.15, -0.1) is 0 Å². The number of rotatable bonds is 1. The van der Waals surface area contributed by atoms with Crippen molar-refractivity contribution in [3.63, 3.8) is 0 Å². The second-order valence-corrected chi connectivity index (χ2v) is 4.34. The molecule has 0 aromatic carbocycles. The second kappa shape index (κ2) is 4.25. The van der Waals surface area contributed by atoms with Crippen LogP contribution in [0, 0.1) is 6.92 Å². The summed E-state index contributed by atoms with van der Waals surface area (Å²) in [5, 5.41) is 3.29. The lowest BCUT2D eigenvalue weighted by atomic mass is 10.1. The molecular formula is C11H17N3O2. The maximum Gasteiger partial charge on any atom is 0.292 e. The van der Waals surface area contributed by atoms with Crippen LogP contribution in [0.2, 0.25) is 0 Å². The van der Waals surface area contributed by atoms with Crippen molar-refractivity contribution in [1.29, 1.82) is 0 Å². The van der Waals surface area contributed by atoms with Gasteiger partial charge in [-0.3, -0.25) is 4.79 Å². The van der Waals surface area contributed by atoms with Crippen LogP contribution < -0.4 is 5.32 Å². The Labute approximate surface area is 94.8 Å². The molecule has 2 heterocycles. The van der Waals surface area contributed by atoms with E-state index in [4.69, 9.17) is 4.42 Å². The fourth-order valence-electron chi connectivity index (χ4n) is 2.16. The molecule has 1 aliphatic heterocycles. The Morgan fingerprint density at radius 2 is 2.12 bits per heavy atom. The van der Waals surface area contributed by atoms with Gasteiger partial charge in [-0.05, 0) is 20.8 Å². The third-order valence-electron chi connectivity index (χ3n) is 3.00. The lowest BCUT2D eigenvalue weighted by Gasteiger charge is -2.38. The van der Waals surface area contributed by atoms with Crippen molar-refractivity contribution >= 4 is 5.91 Å². The normalized spacial score (nSPS) is 25.8. The van der Waals surface area contributed by atoms with Crippen molar-refractivity contribution in [2.45, 2.75) is 32.9 Å². The molecule has 0 aliphatic carbocycles. The van der Waals surface area contributed by atoms with E-state index in [2.05, 4.69) is 10.3 Å². The minimum Gasteiger partial charge on any atom is -0.438 e. The van der Waals surface area contributed by atoms with Gasteiger partial charge in [0.05, 0.1) is 5.69 Å². The van der Waals surface area contributed by atoms with Gasteiger partial charge in [0.15, 0.2) is 6.39 Å². The Bertz CT molecular complexity index is 378. The molecule has 1 aromatic heterocycles.